The number of rotatable bonds is 2. The summed E-state index contributed by atoms with van der Waals surface area (Å²) in [6.07, 6.45) is 0. The van der Waals surface area contributed by atoms with E-state index in [0.29, 0.717) is 0 Å². The summed E-state index contributed by atoms with van der Waals surface area (Å²) in [6.45, 7) is 0. The highest BCUT2D eigenvalue weighted by molar-refractivity contribution is 8.31. The van der Waals surface area contributed by atoms with Gasteiger partial charge in [-0.3, -0.25) is 0 Å². The van der Waals surface area contributed by atoms with E-state index in [1.807, 2.05) is 0 Å². The second-order valence-corrected chi connectivity index (χ2v) is 8.00. The van der Waals surface area contributed by atoms with Gasteiger partial charge in [-0.05, 0) is 24.3 Å². The monoisotopic (exact) mass is 323 g/mol. The molecule has 1 N–H and O–H groups in total. The summed E-state index contributed by atoms with van der Waals surface area (Å²) in [5.41, 5.74) is 7.00. The van der Waals surface area contributed by atoms with E-state index in [1.165, 1.54) is 48.5 Å². The van der Waals surface area contributed by atoms with Crippen LogP contribution in [0.3, 0.4) is 0 Å². The lowest BCUT2D eigenvalue weighted by Gasteiger charge is -2.00. The van der Waals surface area contributed by atoms with E-state index in [-0.39, 0.29) is 9.79 Å². The van der Waals surface area contributed by atoms with Crippen molar-refractivity contribution < 1.29 is 21.6 Å². The summed E-state index contributed by atoms with van der Waals surface area (Å²) < 4.78 is 48.2. The zero-order valence-electron chi connectivity index (χ0n) is 10.7. The first-order valence-corrected chi connectivity index (χ1v) is 8.72. The van der Waals surface area contributed by atoms with Crippen LogP contribution in [0, 0.1) is 5.53 Å². The molecule has 21 heavy (non-hydrogen) atoms. The van der Waals surface area contributed by atoms with Gasteiger partial charge in [0.1, 0.15) is 0 Å². The van der Waals surface area contributed by atoms with Crippen molar-refractivity contribution in [3.8, 4) is 0 Å². The van der Waals surface area contributed by atoms with Crippen LogP contribution in [0.4, 0.5) is 0 Å². The van der Waals surface area contributed by atoms with Crippen LogP contribution in [0.25, 0.3) is 0 Å². The van der Waals surface area contributed by atoms with Gasteiger partial charge in [-0.1, -0.05) is 36.4 Å². The molecule has 0 aromatic heterocycles. The molecule has 6 nitrogen and oxygen atoms in total. The molecule has 0 spiro atoms. The van der Waals surface area contributed by atoms with Gasteiger partial charge in [0.2, 0.25) is 0 Å². The zero-order chi connectivity index (χ0) is 15.5. The van der Waals surface area contributed by atoms with Gasteiger partial charge in [-0.15, -0.1) is 0 Å². The van der Waals surface area contributed by atoms with Crippen LogP contribution >= 0.6 is 0 Å². The largest absolute Gasteiger partial charge is 0.553 e. The van der Waals surface area contributed by atoms with Crippen molar-refractivity contribution in [1.29, 1.82) is 5.53 Å². The third-order valence-electron chi connectivity index (χ3n) is 2.66. The molecule has 0 atom stereocenters. The number of sulfone groups is 2. The molecule has 2 aromatic rings. The molecule has 0 heterocycles. The Bertz CT molecular complexity index is 828. The quantitative estimate of drug-likeness (QED) is 0.391. The first-order chi connectivity index (χ1) is 9.90. The van der Waals surface area contributed by atoms with Crippen molar-refractivity contribution in [2.24, 2.45) is 0 Å². The lowest BCUT2D eigenvalue weighted by Crippen LogP contribution is -2.26. The molecule has 0 saturated carbocycles. The second-order valence-electron chi connectivity index (χ2n) is 4.01. The maximum absolute atomic E-state index is 12.4. The first kappa shape index (κ1) is 15.1. The van der Waals surface area contributed by atoms with E-state index < -0.39 is 24.1 Å². The van der Waals surface area contributed by atoms with E-state index in [0.717, 1.165) is 0 Å². The predicted molar refractivity (Wildman–Crippen MR) is 75.2 cm³/mol. The van der Waals surface area contributed by atoms with Crippen LogP contribution in [-0.2, 0) is 19.7 Å². The van der Waals surface area contributed by atoms with Crippen molar-refractivity contribution in [1.82, 2.24) is 0 Å². The summed E-state index contributed by atoms with van der Waals surface area (Å²) in [5, 5.41) is 0. The number of nitrogens with one attached hydrogen (secondary N) is 1. The second kappa shape index (κ2) is 5.61. The smallest absolute Gasteiger partial charge is 0.210 e. The molecule has 0 amide bonds. The molecule has 2 aromatic carbocycles. The molecule has 0 aliphatic carbocycles. The molecule has 2 rings (SSSR count). The van der Waals surface area contributed by atoms with Crippen LogP contribution in [-0.4, -0.2) is 26.0 Å². The fourth-order valence-corrected chi connectivity index (χ4v) is 5.07. The molecule has 8 heteroatoms. The molecule has 0 unspecified atom stereocenters. The fraction of sp³-hybridized carbons (Fsp3) is 0. The minimum Gasteiger partial charge on any atom is -0.210 e. The Balaban J connectivity index is 2.65. The predicted octanol–water partition coefficient (Wildman–Crippen LogP) is 1.53. The summed E-state index contributed by atoms with van der Waals surface area (Å²) in [4.78, 5) is 2.32. The Morgan fingerprint density at radius 3 is 1.33 bits per heavy atom. The standard InChI is InChI=1S/C13H11N2O4S2/c14-15-13(20(16,17)11-7-3-1-4-8-11)21(18,19)12-9-5-2-6-10-12/h1-10,14H/q+1. The average Bonchev–Trinajstić information content (AvgIpc) is 2.49. The first-order valence-electron chi connectivity index (χ1n) is 5.75. The lowest BCUT2D eigenvalue weighted by molar-refractivity contribution is -0.112. The van der Waals surface area contributed by atoms with Crippen LogP contribution in [0.1, 0.15) is 0 Å². The van der Waals surface area contributed by atoms with E-state index in [9.17, 15) is 16.8 Å². The van der Waals surface area contributed by atoms with Crippen LogP contribution in [0.2, 0.25) is 0 Å². The molecule has 0 fully saturated rings. The molecular formula is C13H11N2O4S2+. The molecule has 0 aliphatic rings. The highest BCUT2D eigenvalue weighted by atomic mass is 32.3. The zero-order valence-corrected chi connectivity index (χ0v) is 12.3. The van der Waals surface area contributed by atoms with Gasteiger partial charge in [-0.25, -0.2) is 16.8 Å². The van der Waals surface area contributed by atoms with Gasteiger partial charge in [0.25, 0.3) is 19.7 Å². The van der Waals surface area contributed by atoms with Gasteiger partial charge in [0.05, 0.1) is 20.1 Å². The van der Waals surface area contributed by atoms with E-state index in [4.69, 9.17) is 5.53 Å². The molecule has 0 radical (unpaired) electrons. The molecule has 0 saturated heterocycles. The van der Waals surface area contributed by atoms with Gasteiger partial charge in [-0.2, -0.15) is 0 Å². The Labute approximate surface area is 122 Å². The van der Waals surface area contributed by atoms with Crippen molar-refractivity contribution in [3.63, 3.8) is 0 Å². The van der Waals surface area contributed by atoms with Crippen molar-refractivity contribution in [3.05, 3.63) is 60.7 Å². The number of benzene rings is 2. The third-order valence-corrected chi connectivity index (χ3v) is 6.86. The maximum Gasteiger partial charge on any atom is 0.553 e. The Kier molecular flexibility index (Phi) is 4.04. The van der Waals surface area contributed by atoms with Crippen molar-refractivity contribution in [2.45, 2.75) is 9.79 Å². The van der Waals surface area contributed by atoms with Crippen LogP contribution in [0.15, 0.2) is 70.5 Å². The van der Waals surface area contributed by atoms with Gasteiger partial charge < -0.3 is 0 Å². The average molecular weight is 323 g/mol. The normalized spacial score (nSPS) is 11.6. The number of nitrogens with zero attached hydrogens (tertiary/aromatic N) is 1. The van der Waals surface area contributed by atoms with Crippen LogP contribution in [0.5, 0.6) is 0 Å². The summed E-state index contributed by atoms with van der Waals surface area (Å²) in [6, 6.07) is 14.1. The minimum absolute atomic E-state index is 0.226. The van der Waals surface area contributed by atoms with E-state index in [2.05, 4.69) is 4.79 Å². The van der Waals surface area contributed by atoms with Crippen molar-refractivity contribution >= 4 is 24.1 Å². The Morgan fingerprint density at radius 1 is 0.714 bits per heavy atom. The summed E-state index contributed by atoms with van der Waals surface area (Å²) >= 11 is 0. The number of hydrogen-bond acceptors (Lipinski definition) is 5. The fourth-order valence-electron chi connectivity index (χ4n) is 1.67. The van der Waals surface area contributed by atoms with Gasteiger partial charge >= 0.3 is 4.38 Å². The lowest BCUT2D eigenvalue weighted by atomic mass is 10.4. The van der Waals surface area contributed by atoms with Crippen molar-refractivity contribution in [2.75, 3.05) is 0 Å². The van der Waals surface area contributed by atoms with Gasteiger partial charge in [0.15, 0.2) is 0 Å². The Morgan fingerprint density at radius 2 is 1.05 bits per heavy atom. The summed E-state index contributed by atoms with van der Waals surface area (Å²) in [7, 11) is -8.76. The van der Waals surface area contributed by atoms with Crippen LogP contribution < -0.4 is 0 Å². The highest BCUT2D eigenvalue weighted by Gasteiger charge is 2.46. The summed E-state index contributed by atoms with van der Waals surface area (Å²) in [5.74, 6) is 0. The molecule has 108 valence electrons. The maximum atomic E-state index is 12.4. The Hall–Kier alpha value is -2.28. The molecule has 0 bridgehead atoms. The minimum atomic E-state index is -4.38. The van der Waals surface area contributed by atoms with E-state index >= 15 is 0 Å². The third kappa shape index (κ3) is 2.78. The highest BCUT2D eigenvalue weighted by Crippen LogP contribution is 2.19. The molecule has 0 aliphatic heterocycles. The van der Waals surface area contributed by atoms with E-state index in [1.54, 1.807) is 12.1 Å². The van der Waals surface area contributed by atoms with Gasteiger partial charge in [0, 0.05) is 0 Å². The SMILES string of the molecule is N=[N+]=C(S(=O)(=O)c1ccccc1)S(=O)(=O)c1ccccc1. The topological polar surface area (TPSA) is 106 Å². The number of hydrogen-bond donors (Lipinski definition) is 1. The molecular weight excluding hydrogens is 312 g/mol.